The monoisotopic (exact) mass is 401 g/mol. The number of nitrogens with one attached hydrogen (secondary N) is 2. The van der Waals surface area contributed by atoms with Gasteiger partial charge >= 0.3 is 0 Å². The predicted molar refractivity (Wildman–Crippen MR) is 116 cm³/mol. The van der Waals surface area contributed by atoms with Crippen LogP contribution in [0.25, 0.3) is 11.3 Å². The number of rotatable bonds is 12. The Bertz CT molecular complexity index is 728. The Balaban J connectivity index is 1.52. The van der Waals surface area contributed by atoms with Gasteiger partial charge in [-0.1, -0.05) is 69.9 Å². The van der Waals surface area contributed by atoms with E-state index in [1.165, 1.54) is 11.3 Å². The molecular weight excluding hydrogens is 370 g/mol. The van der Waals surface area contributed by atoms with Gasteiger partial charge in [-0.05, 0) is 12.8 Å². The molecule has 0 fully saturated rings. The Morgan fingerprint density at radius 3 is 2.39 bits per heavy atom. The van der Waals surface area contributed by atoms with E-state index in [1.807, 2.05) is 49.6 Å². The summed E-state index contributed by atoms with van der Waals surface area (Å²) in [6.45, 7) is 4.57. The van der Waals surface area contributed by atoms with Gasteiger partial charge in [0, 0.05) is 29.8 Å². The molecule has 2 amide bonds. The molecule has 2 aromatic rings. The van der Waals surface area contributed by atoms with Crippen LogP contribution in [0.1, 0.15) is 58.8 Å². The number of carbonyl (C=O) groups excluding carboxylic acids is 2. The number of carbonyl (C=O) groups is 2. The van der Waals surface area contributed by atoms with Gasteiger partial charge in [0.25, 0.3) is 0 Å². The van der Waals surface area contributed by atoms with E-state index in [0.717, 1.165) is 56.3 Å². The molecule has 0 bridgehead atoms. The third-order valence-electron chi connectivity index (χ3n) is 4.47. The second-order valence-corrected chi connectivity index (χ2v) is 8.13. The molecular formula is C22H31N3O2S. The molecule has 0 atom stereocenters. The smallest absolute Gasteiger partial charge is 0.226 e. The zero-order valence-electron chi connectivity index (χ0n) is 16.9. The number of benzene rings is 1. The summed E-state index contributed by atoms with van der Waals surface area (Å²) in [5.41, 5.74) is 1.95. The van der Waals surface area contributed by atoms with Crippen molar-refractivity contribution in [2.45, 2.75) is 58.8 Å². The van der Waals surface area contributed by atoms with Crippen molar-refractivity contribution in [3.63, 3.8) is 0 Å². The van der Waals surface area contributed by atoms with Crippen LogP contribution in [0, 0.1) is 5.92 Å². The van der Waals surface area contributed by atoms with E-state index in [9.17, 15) is 9.59 Å². The molecule has 0 saturated carbocycles. The molecule has 0 aliphatic rings. The van der Waals surface area contributed by atoms with Crippen LogP contribution < -0.4 is 10.6 Å². The maximum Gasteiger partial charge on any atom is 0.226 e. The fraction of sp³-hybridized carbons (Fsp3) is 0.500. The van der Waals surface area contributed by atoms with E-state index < -0.39 is 0 Å². The highest BCUT2D eigenvalue weighted by Crippen LogP contribution is 2.24. The molecule has 152 valence electrons. The van der Waals surface area contributed by atoms with Crippen LogP contribution in [-0.2, 0) is 9.59 Å². The lowest BCUT2D eigenvalue weighted by atomic mass is 10.1. The lowest BCUT2D eigenvalue weighted by Crippen LogP contribution is -2.28. The molecule has 1 aromatic heterocycles. The van der Waals surface area contributed by atoms with E-state index in [4.69, 9.17) is 0 Å². The normalized spacial score (nSPS) is 10.8. The van der Waals surface area contributed by atoms with Crippen molar-refractivity contribution < 1.29 is 9.59 Å². The second-order valence-electron chi connectivity index (χ2n) is 7.27. The van der Waals surface area contributed by atoms with E-state index in [1.54, 1.807) is 0 Å². The Kier molecular flexibility index (Phi) is 9.69. The number of amides is 2. The van der Waals surface area contributed by atoms with E-state index in [-0.39, 0.29) is 17.7 Å². The minimum atomic E-state index is 0.0327. The summed E-state index contributed by atoms with van der Waals surface area (Å²) in [6, 6.07) is 9.96. The van der Waals surface area contributed by atoms with Gasteiger partial charge in [-0.2, -0.15) is 0 Å². The third-order valence-corrected chi connectivity index (χ3v) is 5.23. The second kappa shape index (κ2) is 12.3. The number of hydrogen-bond acceptors (Lipinski definition) is 4. The molecule has 1 aromatic carbocycles. The van der Waals surface area contributed by atoms with Crippen LogP contribution >= 0.6 is 11.3 Å². The van der Waals surface area contributed by atoms with Crippen molar-refractivity contribution in [1.29, 1.82) is 0 Å². The first-order chi connectivity index (χ1) is 13.6. The van der Waals surface area contributed by atoms with Gasteiger partial charge in [0.05, 0.1) is 5.69 Å². The average Bonchev–Trinajstić information content (AvgIpc) is 3.15. The summed E-state index contributed by atoms with van der Waals surface area (Å²) in [7, 11) is 0. The summed E-state index contributed by atoms with van der Waals surface area (Å²) in [6.07, 6.45) is 6.89. The van der Waals surface area contributed by atoms with E-state index >= 15 is 0 Å². The fourth-order valence-corrected chi connectivity index (χ4v) is 3.52. The molecule has 1 heterocycles. The lowest BCUT2D eigenvalue weighted by Gasteiger charge is -2.07. The van der Waals surface area contributed by atoms with Gasteiger partial charge < -0.3 is 10.6 Å². The van der Waals surface area contributed by atoms with E-state index in [2.05, 4.69) is 15.6 Å². The van der Waals surface area contributed by atoms with Crippen LogP contribution in [0.3, 0.4) is 0 Å². The molecule has 5 nitrogen and oxygen atoms in total. The molecule has 2 rings (SSSR count). The Hall–Kier alpha value is -2.21. The maximum atomic E-state index is 12.1. The van der Waals surface area contributed by atoms with Crippen LogP contribution in [-0.4, -0.2) is 23.3 Å². The Morgan fingerprint density at radius 2 is 1.68 bits per heavy atom. The van der Waals surface area contributed by atoms with Crippen LogP contribution in [0.2, 0.25) is 0 Å². The highest BCUT2D eigenvalue weighted by atomic mass is 32.1. The van der Waals surface area contributed by atoms with Gasteiger partial charge in [0.2, 0.25) is 11.8 Å². The number of nitrogens with zero attached hydrogens (tertiary/aromatic N) is 1. The first-order valence-corrected chi connectivity index (χ1v) is 11.0. The lowest BCUT2D eigenvalue weighted by molar-refractivity contribution is -0.124. The van der Waals surface area contributed by atoms with Gasteiger partial charge in [-0.15, -0.1) is 11.3 Å². The SMILES string of the molecule is CC(C)C(=O)NCCCCCCCCC(=O)Nc1nc(-c2ccccc2)cs1. The predicted octanol–water partition coefficient (Wildman–Crippen LogP) is 5.25. The summed E-state index contributed by atoms with van der Waals surface area (Å²) in [4.78, 5) is 28.0. The number of hydrogen-bond donors (Lipinski definition) is 2. The molecule has 0 saturated heterocycles. The van der Waals surface area contributed by atoms with Crippen LogP contribution in [0.15, 0.2) is 35.7 Å². The standard InChI is InChI=1S/C22H31N3O2S/c1-17(2)21(27)23-15-11-6-4-3-5-10-14-20(26)25-22-24-19(16-28-22)18-12-8-7-9-13-18/h7-9,12-13,16-17H,3-6,10-11,14-15H2,1-2H3,(H,23,27)(H,24,25,26). The first-order valence-electron chi connectivity index (χ1n) is 10.1. The third kappa shape index (κ3) is 8.21. The quantitative estimate of drug-likeness (QED) is 0.477. The molecule has 6 heteroatoms. The average molecular weight is 402 g/mol. The van der Waals surface area contributed by atoms with Crippen molar-refractivity contribution in [2.75, 3.05) is 11.9 Å². The van der Waals surface area contributed by atoms with Crippen molar-refractivity contribution in [3.05, 3.63) is 35.7 Å². The number of unbranched alkanes of at least 4 members (excludes halogenated alkanes) is 5. The molecule has 28 heavy (non-hydrogen) atoms. The number of anilines is 1. The van der Waals surface area contributed by atoms with Crippen molar-refractivity contribution in [3.8, 4) is 11.3 Å². The summed E-state index contributed by atoms with van der Waals surface area (Å²) >= 11 is 1.46. The van der Waals surface area contributed by atoms with Crippen molar-refractivity contribution in [2.24, 2.45) is 5.92 Å². The molecule has 0 aliphatic heterocycles. The summed E-state index contributed by atoms with van der Waals surface area (Å²) in [5.74, 6) is 0.216. The van der Waals surface area contributed by atoms with Gasteiger partial charge in [0.15, 0.2) is 5.13 Å². The molecule has 0 aliphatic carbocycles. The van der Waals surface area contributed by atoms with Crippen LogP contribution in [0.5, 0.6) is 0 Å². The zero-order chi connectivity index (χ0) is 20.2. The Morgan fingerprint density at radius 1 is 1.00 bits per heavy atom. The molecule has 0 radical (unpaired) electrons. The minimum absolute atomic E-state index is 0.0327. The molecule has 0 unspecified atom stereocenters. The Labute approximate surface area is 172 Å². The van der Waals surface area contributed by atoms with E-state index in [0.29, 0.717) is 11.6 Å². The number of aromatic nitrogens is 1. The zero-order valence-corrected chi connectivity index (χ0v) is 17.7. The van der Waals surface area contributed by atoms with Crippen molar-refractivity contribution in [1.82, 2.24) is 10.3 Å². The molecule has 2 N–H and O–H groups in total. The largest absolute Gasteiger partial charge is 0.356 e. The highest BCUT2D eigenvalue weighted by molar-refractivity contribution is 7.14. The van der Waals surface area contributed by atoms with Gasteiger partial charge in [-0.25, -0.2) is 4.98 Å². The number of thiazole rings is 1. The summed E-state index contributed by atoms with van der Waals surface area (Å²) < 4.78 is 0. The molecule has 0 spiro atoms. The van der Waals surface area contributed by atoms with Gasteiger partial charge in [0.1, 0.15) is 0 Å². The van der Waals surface area contributed by atoms with Crippen molar-refractivity contribution >= 4 is 28.3 Å². The topological polar surface area (TPSA) is 71.1 Å². The summed E-state index contributed by atoms with van der Waals surface area (Å²) in [5, 5.41) is 8.46. The fourth-order valence-electron chi connectivity index (χ4n) is 2.79. The van der Waals surface area contributed by atoms with Crippen LogP contribution in [0.4, 0.5) is 5.13 Å². The maximum absolute atomic E-state index is 12.1. The first kappa shape index (κ1) is 22.1. The minimum Gasteiger partial charge on any atom is -0.356 e. The van der Waals surface area contributed by atoms with Gasteiger partial charge in [-0.3, -0.25) is 9.59 Å². The highest BCUT2D eigenvalue weighted by Gasteiger charge is 2.08.